The third kappa shape index (κ3) is 8.50. The van der Waals surface area contributed by atoms with Crippen LogP contribution in [0, 0.1) is 0 Å². The van der Waals surface area contributed by atoms with Gasteiger partial charge >= 0.3 is 0 Å². The van der Waals surface area contributed by atoms with Crippen LogP contribution in [-0.2, 0) is 4.74 Å². The topological polar surface area (TPSA) is 66.1 Å². The molecule has 0 bridgehead atoms. The summed E-state index contributed by atoms with van der Waals surface area (Å²) in [5.41, 5.74) is 5.90. The van der Waals surface area contributed by atoms with Gasteiger partial charge in [0.1, 0.15) is 0 Å². The molecular formula is C15H32IN5O. The number of nitrogens with one attached hydrogen (secondary N) is 1. The van der Waals surface area contributed by atoms with E-state index in [1.807, 2.05) is 0 Å². The summed E-state index contributed by atoms with van der Waals surface area (Å²) < 4.78 is 5.34. The van der Waals surface area contributed by atoms with Gasteiger partial charge in [-0.2, -0.15) is 0 Å². The van der Waals surface area contributed by atoms with Crippen molar-refractivity contribution in [1.29, 1.82) is 0 Å². The number of nitrogens with two attached hydrogens (primary N) is 1. The Hall–Kier alpha value is -0.120. The maximum Gasteiger partial charge on any atom is 0.188 e. The zero-order valence-electron chi connectivity index (χ0n) is 13.6. The van der Waals surface area contributed by atoms with E-state index in [2.05, 4.69) is 20.1 Å². The number of aliphatic imine (C=N–C) groups is 1. The smallest absolute Gasteiger partial charge is 0.188 e. The van der Waals surface area contributed by atoms with Gasteiger partial charge in [0.2, 0.25) is 0 Å². The fourth-order valence-electron chi connectivity index (χ4n) is 2.90. The van der Waals surface area contributed by atoms with E-state index >= 15 is 0 Å². The molecule has 6 nitrogen and oxygen atoms in total. The summed E-state index contributed by atoms with van der Waals surface area (Å²) in [6, 6.07) is 0. The monoisotopic (exact) mass is 425 g/mol. The molecule has 130 valence electrons. The third-order valence-corrected chi connectivity index (χ3v) is 4.20. The van der Waals surface area contributed by atoms with Crippen molar-refractivity contribution in [3.05, 3.63) is 0 Å². The molecular weight excluding hydrogens is 393 g/mol. The average Bonchev–Trinajstić information content (AvgIpc) is 2.54. The molecule has 22 heavy (non-hydrogen) atoms. The second-order valence-corrected chi connectivity index (χ2v) is 5.90. The van der Waals surface area contributed by atoms with Crippen LogP contribution >= 0.6 is 24.0 Å². The standard InChI is InChI=1S/C15H31N5O.HI/c16-15(18-6-10-19-7-2-1-3-8-19)17-5-4-9-20-11-13-21-14-12-20;/h1-14H2,(H3,16,17,18);1H. The Labute approximate surface area is 151 Å². The lowest BCUT2D eigenvalue weighted by atomic mass is 10.1. The summed E-state index contributed by atoms with van der Waals surface area (Å²) in [5.74, 6) is 0.592. The average molecular weight is 425 g/mol. The van der Waals surface area contributed by atoms with Gasteiger partial charge in [0, 0.05) is 39.3 Å². The molecule has 2 fully saturated rings. The van der Waals surface area contributed by atoms with Crippen molar-refractivity contribution >= 4 is 29.9 Å². The number of nitrogens with zero attached hydrogens (tertiary/aromatic N) is 3. The van der Waals surface area contributed by atoms with Gasteiger partial charge in [0.15, 0.2) is 5.96 Å². The molecule has 0 radical (unpaired) electrons. The fourth-order valence-corrected chi connectivity index (χ4v) is 2.90. The Morgan fingerprint density at radius 1 is 1.00 bits per heavy atom. The van der Waals surface area contributed by atoms with E-state index in [0.717, 1.165) is 58.9 Å². The van der Waals surface area contributed by atoms with Crippen LogP contribution in [0.1, 0.15) is 25.7 Å². The molecule has 2 aliphatic heterocycles. The summed E-state index contributed by atoms with van der Waals surface area (Å²) in [4.78, 5) is 9.33. The Morgan fingerprint density at radius 3 is 2.41 bits per heavy atom. The summed E-state index contributed by atoms with van der Waals surface area (Å²) in [5, 5.41) is 3.22. The van der Waals surface area contributed by atoms with Crippen LogP contribution < -0.4 is 11.1 Å². The summed E-state index contributed by atoms with van der Waals surface area (Å²) >= 11 is 0. The normalized spacial score (nSPS) is 21.4. The highest BCUT2D eigenvalue weighted by Gasteiger charge is 2.10. The summed E-state index contributed by atoms with van der Waals surface area (Å²) in [6.07, 6.45) is 5.13. The van der Waals surface area contributed by atoms with Gasteiger partial charge < -0.3 is 20.7 Å². The van der Waals surface area contributed by atoms with Gasteiger partial charge in [-0.25, -0.2) is 0 Å². The number of hydrogen-bond acceptors (Lipinski definition) is 4. The molecule has 7 heteroatoms. The van der Waals surface area contributed by atoms with Crippen molar-refractivity contribution < 1.29 is 4.74 Å². The molecule has 2 aliphatic rings. The first kappa shape index (κ1) is 19.9. The predicted octanol–water partition coefficient (Wildman–Crippen LogP) is 0.717. The van der Waals surface area contributed by atoms with Crippen molar-refractivity contribution in [2.45, 2.75) is 25.7 Å². The zero-order valence-corrected chi connectivity index (χ0v) is 16.0. The Morgan fingerprint density at radius 2 is 1.68 bits per heavy atom. The van der Waals surface area contributed by atoms with Crippen LogP contribution in [0.25, 0.3) is 0 Å². The van der Waals surface area contributed by atoms with Crippen molar-refractivity contribution in [2.75, 3.05) is 65.6 Å². The Kier molecular flexibility index (Phi) is 11.2. The molecule has 2 saturated heterocycles. The van der Waals surface area contributed by atoms with E-state index < -0.39 is 0 Å². The molecule has 0 aliphatic carbocycles. The molecule has 0 amide bonds. The van der Waals surface area contributed by atoms with E-state index in [1.54, 1.807) is 0 Å². The largest absolute Gasteiger partial charge is 0.379 e. The van der Waals surface area contributed by atoms with E-state index in [0.29, 0.717) is 5.96 Å². The highest BCUT2D eigenvalue weighted by atomic mass is 127. The van der Waals surface area contributed by atoms with Crippen molar-refractivity contribution in [1.82, 2.24) is 15.1 Å². The quantitative estimate of drug-likeness (QED) is 0.272. The molecule has 0 unspecified atom stereocenters. The van der Waals surface area contributed by atoms with Gasteiger partial charge in [-0.15, -0.1) is 24.0 Å². The second-order valence-electron chi connectivity index (χ2n) is 5.90. The molecule has 2 rings (SSSR count). The van der Waals surface area contributed by atoms with Crippen LogP contribution in [0.2, 0.25) is 0 Å². The van der Waals surface area contributed by atoms with E-state index in [-0.39, 0.29) is 24.0 Å². The molecule has 2 heterocycles. The highest BCUT2D eigenvalue weighted by Crippen LogP contribution is 2.07. The maximum atomic E-state index is 5.90. The lowest BCUT2D eigenvalue weighted by Crippen LogP contribution is -2.40. The fraction of sp³-hybridized carbons (Fsp3) is 0.933. The molecule has 0 atom stereocenters. The number of halogens is 1. The minimum Gasteiger partial charge on any atom is -0.379 e. The van der Waals surface area contributed by atoms with Gasteiger partial charge in [-0.3, -0.25) is 9.89 Å². The predicted molar refractivity (Wildman–Crippen MR) is 102 cm³/mol. The minimum absolute atomic E-state index is 0. The Balaban J connectivity index is 0.00000242. The van der Waals surface area contributed by atoms with E-state index in [9.17, 15) is 0 Å². The Bertz CT molecular complexity index is 304. The van der Waals surface area contributed by atoms with Crippen molar-refractivity contribution in [2.24, 2.45) is 10.7 Å². The highest BCUT2D eigenvalue weighted by molar-refractivity contribution is 14.0. The van der Waals surface area contributed by atoms with E-state index in [4.69, 9.17) is 10.5 Å². The molecule has 0 saturated carbocycles. The number of rotatable bonds is 7. The van der Waals surface area contributed by atoms with Gasteiger partial charge in [0.05, 0.1) is 13.2 Å². The number of ether oxygens (including phenoxy) is 1. The molecule has 0 aromatic rings. The van der Waals surface area contributed by atoms with E-state index in [1.165, 1.54) is 32.4 Å². The first-order chi connectivity index (χ1) is 10.3. The van der Waals surface area contributed by atoms with Crippen LogP contribution in [0.3, 0.4) is 0 Å². The third-order valence-electron chi connectivity index (χ3n) is 4.20. The lowest BCUT2D eigenvalue weighted by Gasteiger charge is -2.26. The molecule has 0 spiro atoms. The molecule has 3 N–H and O–H groups in total. The van der Waals surface area contributed by atoms with Crippen LogP contribution in [0.4, 0.5) is 0 Å². The molecule has 0 aromatic heterocycles. The first-order valence-corrected chi connectivity index (χ1v) is 8.41. The number of hydrogen-bond donors (Lipinski definition) is 2. The minimum atomic E-state index is 0. The molecule has 0 aromatic carbocycles. The first-order valence-electron chi connectivity index (χ1n) is 8.41. The maximum absolute atomic E-state index is 5.90. The van der Waals surface area contributed by atoms with Gasteiger partial charge in [-0.1, -0.05) is 6.42 Å². The summed E-state index contributed by atoms with van der Waals surface area (Å²) in [6.45, 7) is 10.2. The number of likely N-dealkylation sites (tertiary alicyclic amines) is 1. The van der Waals surface area contributed by atoms with Gasteiger partial charge in [-0.05, 0) is 32.4 Å². The number of guanidine groups is 1. The van der Waals surface area contributed by atoms with Crippen LogP contribution in [-0.4, -0.2) is 81.3 Å². The van der Waals surface area contributed by atoms with Crippen molar-refractivity contribution in [3.8, 4) is 0 Å². The SMILES string of the molecule is I.NC(=NCCCN1CCOCC1)NCCN1CCCCC1. The van der Waals surface area contributed by atoms with Gasteiger partial charge in [0.25, 0.3) is 0 Å². The zero-order chi connectivity index (χ0) is 14.8. The second kappa shape index (κ2) is 12.3. The van der Waals surface area contributed by atoms with Crippen LogP contribution in [0.5, 0.6) is 0 Å². The van der Waals surface area contributed by atoms with Crippen molar-refractivity contribution in [3.63, 3.8) is 0 Å². The number of morpholine rings is 1. The summed E-state index contributed by atoms with van der Waals surface area (Å²) in [7, 11) is 0. The lowest BCUT2D eigenvalue weighted by molar-refractivity contribution is 0.0377. The van der Waals surface area contributed by atoms with Crippen LogP contribution in [0.15, 0.2) is 4.99 Å². The number of piperidine rings is 1.